The standard InChI is InChI=1S/C25H28O4/c1-5-16(4)18(12-11-15(2)3)23-19(26)13-20(27)24-21(28)14-22(29-25(23)24)17-9-7-6-8-10-17/h5-11,13,18,22,26-27H,12,14H2,1-4H3/b16-5-/t18?,22-/m0/s1. The maximum atomic E-state index is 12.9. The Labute approximate surface area is 172 Å². The van der Waals surface area contributed by atoms with Crippen LogP contribution < -0.4 is 4.74 Å². The molecule has 0 saturated heterocycles. The molecule has 0 fully saturated rings. The van der Waals surface area contributed by atoms with E-state index in [1.54, 1.807) is 0 Å². The van der Waals surface area contributed by atoms with Crippen LogP contribution in [0.15, 0.2) is 59.7 Å². The molecular weight excluding hydrogens is 364 g/mol. The molecule has 4 heteroatoms. The molecule has 2 atom stereocenters. The van der Waals surface area contributed by atoms with Gasteiger partial charge in [0, 0.05) is 17.5 Å². The molecule has 0 amide bonds. The Morgan fingerprint density at radius 1 is 1.17 bits per heavy atom. The summed E-state index contributed by atoms with van der Waals surface area (Å²) in [6, 6.07) is 10.8. The molecule has 29 heavy (non-hydrogen) atoms. The van der Waals surface area contributed by atoms with E-state index in [-0.39, 0.29) is 35.2 Å². The molecule has 0 spiro atoms. The van der Waals surface area contributed by atoms with E-state index in [0.29, 0.717) is 17.7 Å². The minimum absolute atomic E-state index is 0.0592. The Balaban J connectivity index is 2.18. The number of ketones is 1. The number of phenolic OH excluding ortho intramolecular Hbond substituents is 2. The predicted octanol–water partition coefficient (Wildman–Crippen LogP) is 6.21. The van der Waals surface area contributed by atoms with Crippen molar-refractivity contribution in [3.63, 3.8) is 0 Å². The molecule has 4 nitrogen and oxygen atoms in total. The molecule has 1 unspecified atom stereocenters. The second-order valence-corrected chi connectivity index (χ2v) is 7.78. The van der Waals surface area contributed by atoms with Crippen molar-refractivity contribution < 1.29 is 19.7 Å². The van der Waals surface area contributed by atoms with Crippen LogP contribution in [0.25, 0.3) is 0 Å². The number of allylic oxidation sites excluding steroid dienone is 4. The average Bonchev–Trinajstić information content (AvgIpc) is 2.69. The molecule has 1 heterocycles. The summed E-state index contributed by atoms with van der Waals surface area (Å²) >= 11 is 0. The number of carbonyl (C=O) groups excluding carboxylic acids is 1. The lowest BCUT2D eigenvalue weighted by Crippen LogP contribution is -2.22. The summed E-state index contributed by atoms with van der Waals surface area (Å²) in [6.07, 6.45) is 4.47. The topological polar surface area (TPSA) is 66.8 Å². The highest BCUT2D eigenvalue weighted by Gasteiger charge is 2.35. The summed E-state index contributed by atoms with van der Waals surface area (Å²) in [6.45, 7) is 8.01. The Hall–Kier alpha value is -3.01. The number of phenols is 2. The quantitative estimate of drug-likeness (QED) is 0.594. The van der Waals surface area contributed by atoms with Crippen molar-refractivity contribution in [2.75, 3.05) is 0 Å². The average molecular weight is 392 g/mol. The molecule has 2 N–H and O–H groups in total. The monoisotopic (exact) mass is 392 g/mol. The maximum Gasteiger partial charge on any atom is 0.174 e. The van der Waals surface area contributed by atoms with Gasteiger partial charge in [-0.25, -0.2) is 0 Å². The van der Waals surface area contributed by atoms with Crippen LogP contribution in [0.2, 0.25) is 0 Å². The van der Waals surface area contributed by atoms with E-state index in [9.17, 15) is 15.0 Å². The van der Waals surface area contributed by atoms with Crippen LogP contribution in [0.3, 0.4) is 0 Å². The maximum absolute atomic E-state index is 12.9. The fraction of sp³-hybridized carbons (Fsp3) is 0.320. The minimum Gasteiger partial charge on any atom is -0.507 e. The van der Waals surface area contributed by atoms with Gasteiger partial charge in [-0.15, -0.1) is 0 Å². The van der Waals surface area contributed by atoms with Crippen molar-refractivity contribution in [2.45, 2.75) is 52.6 Å². The van der Waals surface area contributed by atoms with E-state index in [0.717, 1.165) is 11.1 Å². The number of carbonyl (C=O) groups is 1. The van der Waals surface area contributed by atoms with Gasteiger partial charge in [-0.05, 0) is 39.7 Å². The first kappa shape index (κ1) is 20.7. The van der Waals surface area contributed by atoms with E-state index in [1.807, 2.05) is 64.1 Å². The molecule has 0 aliphatic carbocycles. The number of fused-ring (bicyclic) bond motifs is 1. The minimum atomic E-state index is -0.453. The highest BCUT2D eigenvalue weighted by Crippen LogP contribution is 2.50. The molecule has 0 radical (unpaired) electrons. The molecule has 3 rings (SSSR count). The Morgan fingerprint density at radius 2 is 1.86 bits per heavy atom. The number of hydrogen-bond donors (Lipinski definition) is 2. The van der Waals surface area contributed by atoms with Gasteiger partial charge in [0.1, 0.15) is 28.9 Å². The molecule has 152 valence electrons. The molecule has 2 aromatic carbocycles. The number of ether oxygens (including phenoxy) is 1. The number of hydrogen-bond acceptors (Lipinski definition) is 4. The van der Waals surface area contributed by atoms with E-state index < -0.39 is 6.10 Å². The van der Waals surface area contributed by atoms with Crippen LogP contribution in [-0.2, 0) is 0 Å². The Morgan fingerprint density at radius 3 is 2.48 bits per heavy atom. The third-order valence-electron chi connectivity index (χ3n) is 5.47. The van der Waals surface area contributed by atoms with Crippen LogP contribution in [0, 0.1) is 0 Å². The normalized spacial score (nSPS) is 17.3. The predicted molar refractivity (Wildman–Crippen MR) is 115 cm³/mol. The van der Waals surface area contributed by atoms with Gasteiger partial charge < -0.3 is 14.9 Å². The van der Waals surface area contributed by atoms with Gasteiger partial charge in [-0.2, -0.15) is 0 Å². The summed E-state index contributed by atoms with van der Waals surface area (Å²) in [5.41, 5.74) is 3.84. The lowest BCUT2D eigenvalue weighted by Gasteiger charge is -2.31. The van der Waals surface area contributed by atoms with Crippen molar-refractivity contribution in [3.8, 4) is 17.2 Å². The van der Waals surface area contributed by atoms with E-state index >= 15 is 0 Å². The van der Waals surface area contributed by atoms with E-state index in [4.69, 9.17) is 4.74 Å². The van der Waals surface area contributed by atoms with Gasteiger partial charge in [0.25, 0.3) is 0 Å². The van der Waals surface area contributed by atoms with Crippen molar-refractivity contribution in [2.24, 2.45) is 0 Å². The first-order valence-electron chi connectivity index (χ1n) is 9.93. The molecule has 1 aliphatic heterocycles. The second kappa shape index (κ2) is 8.56. The van der Waals surface area contributed by atoms with Crippen LogP contribution in [0.4, 0.5) is 0 Å². The second-order valence-electron chi connectivity index (χ2n) is 7.78. The third kappa shape index (κ3) is 4.21. The van der Waals surface area contributed by atoms with Crippen LogP contribution in [0.1, 0.15) is 74.0 Å². The summed E-state index contributed by atoms with van der Waals surface area (Å²) in [5.74, 6) is -0.349. The number of Topliss-reactive ketones (excluding diaryl/α,β-unsaturated/α-hetero) is 1. The first-order valence-corrected chi connectivity index (χ1v) is 9.93. The first-order chi connectivity index (χ1) is 13.8. The summed E-state index contributed by atoms with van der Waals surface area (Å²) < 4.78 is 6.27. The molecule has 0 bridgehead atoms. The van der Waals surface area contributed by atoms with Gasteiger partial charge >= 0.3 is 0 Å². The molecule has 2 aromatic rings. The van der Waals surface area contributed by atoms with Crippen molar-refractivity contribution in [1.82, 2.24) is 0 Å². The van der Waals surface area contributed by atoms with Gasteiger partial charge in [0.15, 0.2) is 5.78 Å². The highest BCUT2D eigenvalue weighted by molar-refractivity contribution is 6.03. The largest absolute Gasteiger partial charge is 0.507 e. The van der Waals surface area contributed by atoms with Crippen LogP contribution in [0.5, 0.6) is 17.2 Å². The van der Waals surface area contributed by atoms with Crippen molar-refractivity contribution in [3.05, 3.63) is 76.4 Å². The Kier molecular flexibility index (Phi) is 6.12. The van der Waals surface area contributed by atoms with Gasteiger partial charge in [-0.1, -0.05) is 53.6 Å². The van der Waals surface area contributed by atoms with Crippen LogP contribution in [-0.4, -0.2) is 16.0 Å². The highest BCUT2D eigenvalue weighted by atomic mass is 16.5. The molecular formula is C25H28O4. The Bertz CT molecular complexity index is 966. The van der Waals surface area contributed by atoms with E-state index in [2.05, 4.69) is 6.08 Å². The van der Waals surface area contributed by atoms with Gasteiger partial charge in [0.2, 0.25) is 0 Å². The number of benzene rings is 2. The molecule has 0 saturated carbocycles. The summed E-state index contributed by atoms with van der Waals surface area (Å²) in [5, 5.41) is 21.2. The lowest BCUT2D eigenvalue weighted by molar-refractivity contribution is 0.0841. The van der Waals surface area contributed by atoms with Gasteiger partial charge in [0.05, 0.1) is 6.42 Å². The zero-order valence-electron chi connectivity index (χ0n) is 17.4. The smallest absolute Gasteiger partial charge is 0.174 e. The third-order valence-corrected chi connectivity index (χ3v) is 5.47. The number of rotatable bonds is 5. The zero-order valence-corrected chi connectivity index (χ0v) is 17.4. The fourth-order valence-corrected chi connectivity index (χ4v) is 3.77. The van der Waals surface area contributed by atoms with Crippen molar-refractivity contribution in [1.29, 1.82) is 0 Å². The van der Waals surface area contributed by atoms with Crippen molar-refractivity contribution >= 4 is 5.78 Å². The number of aromatic hydroxyl groups is 2. The van der Waals surface area contributed by atoms with E-state index in [1.165, 1.54) is 11.6 Å². The molecule has 1 aliphatic rings. The summed E-state index contributed by atoms with van der Waals surface area (Å²) in [4.78, 5) is 12.9. The molecule has 0 aromatic heterocycles. The van der Waals surface area contributed by atoms with Crippen LogP contribution >= 0.6 is 0 Å². The lowest BCUT2D eigenvalue weighted by atomic mass is 9.83. The zero-order chi connectivity index (χ0) is 21.1. The fourth-order valence-electron chi connectivity index (χ4n) is 3.77. The SMILES string of the molecule is C/C=C(/C)C(CC=C(C)C)c1c(O)cc(O)c2c1O[C@H](c1ccccc1)CC2=O. The summed E-state index contributed by atoms with van der Waals surface area (Å²) in [7, 11) is 0. The van der Waals surface area contributed by atoms with Gasteiger partial charge in [-0.3, -0.25) is 4.79 Å².